The summed E-state index contributed by atoms with van der Waals surface area (Å²) in [5, 5.41) is 9.01. The molecular formula is C15H27NO3. The molecule has 0 spiro atoms. The van der Waals surface area contributed by atoms with Crippen molar-refractivity contribution in [1.82, 2.24) is 4.90 Å². The summed E-state index contributed by atoms with van der Waals surface area (Å²) in [5.74, 6) is -0.932. The molecule has 2 atom stereocenters. The van der Waals surface area contributed by atoms with Crippen molar-refractivity contribution in [2.75, 3.05) is 6.54 Å². The van der Waals surface area contributed by atoms with Gasteiger partial charge in [-0.05, 0) is 31.6 Å². The molecule has 0 aromatic heterocycles. The van der Waals surface area contributed by atoms with E-state index < -0.39 is 5.97 Å². The van der Waals surface area contributed by atoms with E-state index in [2.05, 4.69) is 13.8 Å². The second kappa shape index (κ2) is 6.40. The summed E-state index contributed by atoms with van der Waals surface area (Å²) in [7, 11) is 0. The zero-order valence-electron chi connectivity index (χ0n) is 12.6. The molecule has 0 aliphatic heterocycles. The van der Waals surface area contributed by atoms with Gasteiger partial charge in [0.25, 0.3) is 0 Å². The van der Waals surface area contributed by atoms with Gasteiger partial charge in [-0.3, -0.25) is 9.59 Å². The van der Waals surface area contributed by atoms with E-state index in [0.29, 0.717) is 0 Å². The molecule has 1 rings (SSSR count). The zero-order valence-corrected chi connectivity index (χ0v) is 12.6. The van der Waals surface area contributed by atoms with Crippen molar-refractivity contribution in [3.05, 3.63) is 0 Å². The van der Waals surface area contributed by atoms with Crippen molar-refractivity contribution >= 4 is 11.9 Å². The Kier molecular flexibility index (Phi) is 5.39. The molecular weight excluding hydrogens is 242 g/mol. The number of hydrogen-bond acceptors (Lipinski definition) is 2. The van der Waals surface area contributed by atoms with Crippen molar-refractivity contribution < 1.29 is 14.7 Å². The number of rotatable bonds is 5. The number of hydrogen-bond donors (Lipinski definition) is 1. The maximum absolute atomic E-state index is 12.7. The molecule has 0 radical (unpaired) electrons. The number of carboxylic acid groups (broad SMARTS) is 1. The Labute approximate surface area is 116 Å². The lowest BCUT2D eigenvalue weighted by Crippen LogP contribution is -2.49. The van der Waals surface area contributed by atoms with E-state index in [1.165, 1.54) is 6.42 Å². The molecule has 1 aliphatic carbocycles. The van der Waals surface area contributed by atoms with Crippen LogP contribution in [0.1, 0.15) is 59.8 Å². The topological polar surface area (TPSA) is 57.6 Å². The van der Waals surface area contributed by atoms with E-state index in [4.69, 9.17) is 5.11 Å². The van der Waals surface area contributed by atoms with E-state index in [1.54, 1.807) is 4.90 Å². The van der Waals surface area contributed by atoms with Gasteiger partial charge in [0.1, 0.15) is 6.54 Å². The van der Waals surface area contributed by atoms with Crippen LogP contribution >= 0.6 is 0 Å². The molecule has 1 fully saturated rings. The van der Waals surface area contributed by atoms with Crippen molar-refractivity contribution in [2.24, 2.45) is 11.3 Å². The van der Waals surface area contributed by atoms with Gasteiger partial charge in [0.15, 0.2) is 0 Å². The second-order valence-corrected chi connectivity index (χ2v) is 6.40. The van der Waals surface area contributed by atoms with Gasteiger partial charge in [0.2, 0.25) is 5.91 Å². The van der Waals surface area contributed by atoms with Crippen LogP contribution in [0, 0.1) is 11.3 Å². The first kappa shape index (κ1) is 16.0. The van der Waals surface area contributed by atoms with Crippen molar-refractivity contribution in [1.29, 1.82) is 0 Å². The third-order valence-electron chi connectivity index (χ3n) is 4.52. The molecule has 0 aromatic rings. The predicted octanol–water partition coefficient (Wildman–Crippen LogP) is 2.91. The fraction of sp³-hybridized carbons (Fsp3) is 0.867. The number of nitrogens with zero attached hydrogens (tertiary/aromatic N) is 1. The fourth-order valence-electron chi connectivity index (χ4n) is 2.97. The van der Waals surface area contributed by atoms with E-state index >= 15 is 0 Å². The average molecular weight is 269 g/mol. The Hall–Kier alpha value is -1.06. The van der Waals surface area contributed by atoms with Crippen LogP contribution in [0.5, 0.6) is 0 Å². The molecule has 0 heterocycles. The second-order valence-electron chi connectivity index (χ2n) is 6.40. The van der Waals surface area contributed by atoms with Gasteiger partial charge in [-0.2, -0.15) is 0 Å². The minimum absolute atomic E-state index is 0.0127. The van der Waals surface area contributed by atoms with Crippen molar-refractivity contribution in [3.63, 3.8) is 0 Å². The van der Waals surface area contributed by atoms with Crippen LogP contribution in [0.2, 0.25) is 0 Å². The normalized spacial score (nSPS) is 23.7. The van der Waals surface area contributed by atoms with Crippen molar-refractivity contribution in [3.8, 4) is 0 Å². The Bertz CT molecular complexity index is 338. The highest BCUT2D eigenvalue weighted by Gasteiger charge is 2.40. The molecule has 1 saturated carbocycles. The maximum atomic E-state index is 12.7. The molecule has 110 valence electrons. The van der Waals surface area contributed by atoms with Gasteiger partial charge in [0.05, 0.1) is 0 Å². The minimum atomic E-state index is -0.928. The highest BCUT2D eigenvalue weighted by atomic mass is 16.4. The lowest BCUT2D eigenvalue weighted by Gasteiger charge is -2.41. The Morgan fingerprint density at radius 3 is 2.47 bits per heavy atom. The first-order valence-corrected chi connectivity index (χ1v) is 7.32. The van der Waals surface area contributed by atoms with Crippen LogP contribution < -0.4 is 0 Å². The number of carbonyl (C=O) groups is 2. The van der Waals surface area contributed by atoms with Crippen LogP contribution in [-0.2, 0) is 9.59 Å². The largest absolute Gasteiger partial charge is 0.480 e. The summed E-state index contributed by atoms with van der Waals surface area (Å²) in [4.78, 5) is 25.3. The van der Waals surface area contributed by atoms with Crippen LogP contribution in [0.25, 0.3) is 0 Å². The third-order valence-corrected chi connectivity index (χ3v) is 4.52. The first-order chi connectivity index (χ1) is 8.79. The molecule has 4 heteroatoms. The summed E-state index contributed by atoms with van der Waals surface area (Å²) in [6.07, 6.45) is 4.95. The molecule has 0 saturated heterocycles. The summed E-state index contributed by atoms with van der Waals surface area (Å²) >= 11 is 0. The summed E-state index contributed by atoms with van der Waals surface area (Å²) in [5.41, 5.74) is -0.0143. The molecule has 1 N–H and O–H groups in total. The highest BCUT2D eigenvalue weighted by Crippen LogP contribution is 2.41. The number of amides is 1. The van der Waals surface area contributed by atoms with Crippen LogP contribution in [-0.4, -0.2) is 34.5 Å². The summed E-state index contributed by atoms with van der Waals surface area (Å²) < 4.78 is 0. The quantitative estimate of drug-likeness (QED) is 0.835. The predicted molar refractivity (Wildman–Crippen MR) is 74.8 cm³/mol. The lowest BCUT2D eigenvalue weighted by atomic mass is 9.68. The van der Waals surface area contributed by atoms with Gasteiger partial charge in [-0.25, -0.2) is 0 Å². The SMILES string of the molecule is CCC(C)N(CC(=O)O)C(=O)C1CCCCC1(C)C. The monoisotopic (exact) mass is 269 g/mol. The van der Waals surface area contributed by atoms with Crippen LogP contribution in [0.3, 0.4) is 0 Å². The van der Waals surface area contributed by atoms with E-state index in [-0.39, 0.29) is 29.8 Å². The first-order valence-electron chi connectivity index (χ1n) is 7.32. The smallest absolute Gasteiger partial charge is 0.323 e. The molecule has 4 nitrogen and oxygen atoms in total. The maximum Gasteiger partial charge on any atom is 0.323 e. The Morgan fingerprint density at radius 1 is 1.37 bits per heavy atom. The van der Waals surface area contributed by atoms with Gasteiger partial charge in [-0.1, -0.05) is 33.6 Å². The molecule has 0 bridgehead atoms. The van der Waals surface area contributed by atoms with Gasteiger partial charge < -0.3 is 10.0 Å². The standard InChI is InChI=1S/C15H27NO3/c1-5-11(2)16(10-13(17)18)14(19)12-8-6-7-9-15(12,3)4/h11-12H,5-10H2,1-4H3,(H,17,18). The third kappa shape index (κ3) is 3.95. The highest BCUT2D eigenvalue weighted by molar-refractivity contribution is 5.84. The summed E-state index contributed by atoms with van der Waals surface area (Å²) in [6, 6.07) is -0.0127. The number of aliphatic carboxylic acids is 1. The number of carboxylic acids is 1. The lowest BCUT2D eigenvalue weighted by molar-refractivity contribution is -0.151. The van der Waals surface area contributed by atoms with Gasteiger partial charge in [-0.15, -0.1) is 0 Å². The molecule has 0 aromatic carbocycles. The molecule has 1 aliphatic rings. The average Bonchev–Trinajstić information content (AvgIpc) is 2.33. The zero-order chi connectivity index (χ0) is 14.6. The molecule has 1 amide bonds. The van der Waals surface area contributed by atoms with E-state index in [1.807, 2.05) is 13.8 Å². The number of carbonyl (C=O) groups excluding carboxylic acids is 1. The fourth-order valence-corrected chi connectivity index (χ4v) is 2.97. The molecule has 19 heavy (non-hydrogen) atoms. The van der Waals surface area contributed by atoms with Crippen LogP contribution in [0.4, 0.5) is 0 Å². The van der Waals surface area contributed by atoms with Gasteiger partial charge in [0, 0.05) is 12.0 Å². The summed E-state index contributed by atoms with van der Waals surface area (Å²) in [6.45, 7) is 7.99. The van der Waals surface area contributed by atoms with Crippen LogP contribution in [0.15, 0.2) is 0 Å². The molecule has 2 unspecified atom stereocenters. The van der Waals surface area contributed by atoms with Gasteiger partial charge >= 0.3 is 5.97 Å². The minimum Gasteiger partial charge on any atom is -0.480 e. The van der Waals surface area contributed by atoms with E-state index in [9.17, 15) is 9.59 Å². The Morgan fingerprint density at radius 2 is 2.00 bits per heavy atom. The van der Waals surface area contributed by atoms with Crippen molar-refractivity contribution in [2.45, 2.75) is 65.8 Å². The van der Waals surface area contributed by atoms with E-state index in [0.717, 1.165) is 25.7 Å². The Balaban J connectivity index is 2.88.